The zero-order valence-electron chi connectivity index (χ0n) is 23.6. The van der Waals surface area contributed by atoms with Crippen LogP contribution in [0.25, 0.3) is 27.5 Å². The Morgan fingerprint density at radius 3 is 2.47 bits per heavy atom. The maximum atomic E-state index is 12.9. The molecule has 5 rings (SSSR count). The smallest absolute Gasteiger partial charge is 0.296 e. The van der Waals surface area contributed by atoms with Crippen LogP contribution in [-0.4, -0.2) is 54.0 Å². The van der Waals surface area contributed by atoms with Gasteiger partial charge in [-0.05, 0) is 86.8 Å². The number of fused-ring (bicyclic) bond motifs is 3. The fourth-order valence-electron chi connectivity index (χ4n) is 4.37. The number of aliphatic hydroxyl groups is 1. The van der Waals surface area contributed by atoms with Crippen LogP contribution in [0.2, 0.25) is 0 Å². The standard InChI is InChI=1S/C29H26BN7O5S/c1-16-5-6-17(2)25(13-16)31-29(39)27(18(3)38)33-32-23-12-10-21(15-26(23)43(40,41)42)37-34-24-11-8-19-7-9-20(36(4)30)14-22(19)28(24)35-37/h5-15,38H,1-4H3,(H,31,39)(H,40,41,42)/b27-18+,33-32?. The van der Waals surface area contributed by atoms with E-state index >= 15 is 0 Å². The molecule has 0 aliphatic carbocycles. The lowest BCUT2D eigenvalue weighted by molar-refractivity contribution is -0.113. The topological polar surface area (TPSA) is 162 Å². The average Bonchev–Trinajstić information content (AvgIpc) is 3.39. The van der Waals surface area contributed by atoms with Gasteiger partial charge in [-0.15, -0.1) is 20.4 Å². The van der Waals surface area contributed by atoms with E-state index in [0.29, 0.717) is 16.7 Å². The van der Waals surface area contributed by atoms with Crippen molar-refractivity contribution in [2.75, 3.05) is 17.2 Å². The normalized spacial score (nSPS) is 12.6. The summed E-state index contributed by atoms with van der Waals surface area (Å²) in [5.74, 6) is -1.20. The number of rotatable bonds is 7. The maximum absolute atomic E-state index is 12.9. The highest BCUT2D eigenvalue weighted by molar-refractivity contribution is 7.86. The Morgan fingerprint density at radius 1 is 1.02 bits per heavy atom. The number of nitrogens with one attached hydrogen (secondary N) is 1. The summed E-state index contributed by atoms with van der Waals surface area (Å²) in [6, 6.07) is 18.7. The summed E-state index contributed by atoms with van der Waals surface area (Å²) in [6.07, 6.45) is 0. The number of aryl methyl sites for hydroxylation is 2. The highest BCUT2D eigenvalue weighted by Crippen LogP contribution is 2.30. The van der Waals surface area contributed by atoms with Gasteiger partial charge >= 0.3 is 0 Å². The first-order valence-electron chi connectivity index (χ1n) is 12.9. The number of allylic oxidation sites excluding steroid dienone is 1. The monoisotopic (exact) mass is 595 g/mol. The van der Waals surface area contributed by atoms with E-state index in [0.717, 1.165) is 33.7 Å². The number of carbonyl (C=O) groups excluding carboxylic acids is 1. The summed E-state index contributed by atoms with van der Waals surface area (Å²) in [6.45, 7) is 4.92. The second-order valence-electron chi connectivity index (χ2n) is 9.97. The zero-order chi connectivity index (χ0) is 31.1. The molecule has 0 aliphatic rings. The van der Waals surface area contributed by atoms with Gasteiger partial charge in [0.25, 0.3) is 16.0 Å². The Bertz CT molecular complexity index is 2080. The molecule has 3 N–H and O–H groups in total. The SMILES string of the molecule is [B]N(C)c1ccc2ccc3nn(-c4ccc(N=N/C(C(=O)Nc5cc(C)ccc5C)=C(\C)O)c(S(=O)(=O)O)c4)nc3c2c1. The Hall–Kier alpha value is -5.08. The number of hydrogen-bond donors (Lipinski definition) is 3. The van der Waals surface area contributed by atoms with E-state index in [-0.39, 0.29) is 11.4 Å². The Labute approximate surface area is 248 Å². The highest BCUT2D eigenvalue weighted by atomic mass is 32.2. The van der Waals surface area contributed by atoms with Gasteiger partial charge in [0.1, 0.15) is 27.4 Å². The lowest BCUT2D eigenvalue weighted by Crippen LogP contribution is -2.15. The second-order valence-corrected chi connectivity index (χ2v) is 11.4. The first-order chi connectivity index (χ1) is 20.3. The van der Waals surface area contributed by atoms with Crippen LogP contribution in [-0.2, 0) is 14.9 Å². The summed E-state index contributed by atoms with van der Waals surface area (Å²) in [4.78, 5) is 15.0. The summed E-state index contributed by atoms with van der Waals surface area (Å²) < 4.78 is 34.7. The zero-order valence-corrected chi connectivity index (χ0v) is 24.5. The molecule has 1 amide bonds. The van der Waals surface area contributed by atoms with Crippen molar-refractivity contribution >= 4 is 62.9 Å². The van der Waals surface area contributed by atoms with Crippen molar-refractivity contribution in [1.82, 2.24) is 15.0 Å². The first kappa shape index (κ1) is 29.4. The molecule has 12 nitrogen and oxygen atoms in total. The lowest BCUT2D eigenvalue weighted by Gasteiger charge is -2.13. The molecule has 5 aromatic rings. The largest absolute Gasteiger partial charge is 0.510 e. The minimum atomic E-state index is -4.81. The van der Waals surface area contributed by atoms with Crippen LogP contribution in [0.15, 0.2) is 93.3 Å². The van der Waals surface area contributed by atoms with Gasteiger partial charge in [-0.25, -0.2) is 0 Å². The number of hydrogen-bond acceptors (Lipinski definition) is 9. The average molecular weight is 595 g/mol. The van der Waals surface area contributed by atoms with Crippen LogP contribution in [0.3, 0.4) is 0 Å². The van der Waals surface area contributed by atoms with E-state index in [9.17, 15) is 22.9 Å². The molecule has 216 valence electrons. The van der Waals surface area contributed by atoms with E-state index < -0.39 is 32.4 Å². The number of anilines is 2. The number of nitrogens with zero attached hydrogens (tertiary/aromatic N) is 6. The molecule has 14 heteroatoms. The van der Waals surface area contributed by atoms with Crippen molar-refractivity contribution in [1.29, 1.82) is 0 Å². The number of aliphatic hydroxyl groups excluding tert-OH is 1. The molecule has 1 aromatic heterocycles. The molecule has 0 saturated heterocycles. The van der Waals surface area contributed by atoms with Crippen molar-refractivity contribution in [2.45, 2.75) is 25.7 Å². The van der Waals surface area contributed by atoms with Gasteiger partial charge < -0.3 is 15.2 Å². The van der Waals surface area contributed by atoms with Crippen LogP contribution in [0.4, 0.5) is 17.1 Å². The molecule has 0 saturated carbocycles. The predicted octanol–water partition coefficient (Wildman–Crippen LogP) is 5.47. The van der Waals surface area contributed by atoms with E-state index in [2.05, 4.69) is 25.7 Å². The molecule has 43 heavy (non-hydrogen) atoms. The molecule has 0 atom stereocenters. The van der Waals surface area contributed by atoms with Crippen LogP contribution >= 0.6 is 0 Å². The fourth-order valence-corrected chi connectivity index (χ4v) is 5.02. The number of benzene rings is 4. The predicted molar refractivity (Wildman–Crippen MR) is 165 cm³/mol. The first-order valence-corrected chi connectivity index (χ1v) is 14.4. The Balaban J connectivity index is 1.52. The van der Waals surface area contributed by atoms with Crippen molar-refractivity contribution in [3.63, 3.8) is 0 Å². The molecule has 0 unspecified atom stereocenters. The third-order valence-electron chi connectivity index (χ3n) is 6.67. The fraction of sp³-hybridized carbons (Fsp3) is 0.138. The molecule has 4 aromatic carbocycles. The quantitative estimate of drug-likeness (QED) is 0.0734. The minimum absolute atomic E-state index is 0.213. The van der Waals surface area contributed by atoms with Gasteiger partial charge in [-0.3, -0.25) is 9.35 Å². The van der Waals surface area contributed by atoms with Crippen molar-refractivity contribution < 1.29 is 22.9 Å². The molecule has 0 fully saturated rings. The molecule has 0 bridgehead atoms. The van der Waals surface area contributed by atoms with Gasteiger partial charge in [-0.2, -0.15) is 13.2 Å². The second kappa shape index (κ2) is 11.3. The van der Waals surface area contributed by atoms with Crippen LogP contribution in [0, 0.1) is 13.8 Å². The highest BCUT2D eigenvalue weighted by Gasteiger charge is 2.20. The molecule has 2 radical (unpaired) electrons. The summed E-state index contributed by atoms with van der Waals surface area (Å²) in [5, 5.41) is 31.2. The third kappa shape index (κ3) is 6.10. The van der Waals surface area contributed by atoms with Crippen LogP contribution in [0.5, 0.6) is 0 Å². The minimum Gasteiger partial charge on any atom is -0.510 e. The van der Waals surface area contributed by atoms with Gasteiger partial charge in [0.05, 0.1) is 5.69 Å². The van der Waals surface area contributed by atoms with Crippen molar-refractivity contribution in [3.05, 3.63) is 89.3 Å². The summed E-state index contributed by atoms with van der Waals surface area (Å²) in [5.41, 5.74) is 3.56. The molecule has 0 spiro atoms. The van der Waals surface area contributed by atoms with Gasteiger partial charge in [0, 0.05) is 16.8 Å². The van der Waals surface area contributed by atoms with Crippen molar-refractivity contribution in [2.24, 2.45) is 10.2 Å². The van der Waals surface area contributed by atoms with E-state index in [1.54, 1.807) is 19.2 Å². The maximum Gasteiger partial charge on any atom is 0.296 e. The Kier molecular flexibility index (Phi) is 7.73. The van der Waals surface area contributed by atoms with Crippen molar-refractivity contribution in [3.8, 4) is 5.69 Å². The van der Waals surface area contributed by atoms with Gasteiger partial charge in [0.2, 0.25) is 7.98 Å². The molecule has 1 heterocycles. The molecular weight excluding hydrogens is 569 g/mol. The molecular formula is C29H26BN7O5S. The summed E-state index contributed by atoms with van der Waals surface area (Å²) in [7, 11) is 2.80. The number of amides is 1. The lowest BCUT2D eigenvalue weighted by atomic mass is 10.1. The summed E-state index contributed by atoms with van der Waals surface area (Å²) >= 11 is 0. The molecule has 0 aliphatic heterocycles. The van der Waals surface area contributed by atoms with Gasteiger partial charge in [-0.1, -0.05) is 24.3 Å². The number of azo groups is 1. The van der Waals surface area contributed by atoms with Crippen LogP contribution < -0.4 is 10.1 Å². The number of aromatic nitrogens is 3. The van der Waals surface area contributed by atoms with E-state index in [1.807, 2.05) is 50.2 Å². The van der Waals surface area contributed by atoms with E-state index in [4.69, 9.17) is 7.98 Å². The van der Waals surface area contributed by atoms with E-state index in [1.165, 1.54) is 28.7 Å². The Morgan fingerprint density at radius 2 is 1.77 bits per heavy atom. The number of carbonyl (C=O) groups is 1. The van der Waals surface area contributed by atoms with Gasteiger partial charge in [0.15, 0.2) is 5.70 Å². The third-order valence-corrected chi connectivity index (χ3v) is 7.55. The van der Waals surface area contributed by atoms with Crippen LogP contribution in [0.1, 0.15) is 18.1 Å².